The van der Waals surface area contributed by atoms with E-state index in [0.717, 1.165) is 16.7 Å². The number of allylic oxidation sites excluding steroid dienone is 1. The van der Waals surface area contributed by atoms with Gasteiger partial charge in [0.25, 0.3) is 0 Å². The Hall–Kier alpha value is -3.01. The number of benzene rings is 2. The number of aryl methyl sites for hydroxylation is 1. The number of phenolic OH excluding ortho intramolecular Hbond substituents is 1. The Morgan fingerprint density at radius 3 is 2.56 bits per heavy atom. The van der Waals surface area contributed by atoms with Crippen LogP contribution >= 0.6 is 0 Å². The van der Waals surface area contributed by atoms with E-state index in [0.29, 0.717) is 29.7 Å². The first kappa shape index (κ1) is 20.3. The summed E-state index contributed by atoms with van der Waals surface area (Å²) in [5.41, 5.74) is 4.38. The molecule has 0 unspecified atom stereocenters. The highest BCUT2D eigenvalue weighted by molar-refractivity contribution is 5.98. The van der Waals surface area contributed by atoms with Crippen molar-refractivity contribution >= 4 is 18.1 Å². The van der Waals surface area contributed by atoms with Crippen LogP contribution in [0.1, 0.15) is 46.0 Å². The molecule has 0 aromatic heterocycles. The average molecular weight is 366 g/mol. The third-order valence-electron chi connectivity index (χ3n) is 4.30. The van der Waals surface area contributed by atoms with Crippen molar-refractivity contribution in [3.05, 3.63) is 70.3 Å². The number of carbonyl (C=O) groups excluding carboxylic acids is 1. The van der Waals surface area contributed by atoms with Gasteiger partial charge >= 0.3 is 5.97 Å². The predicted octanol–water partition coefficient (Wildman–Crippen LogP) is 5.17. The van der Waals surface area contributed by atoms with E-state index in [-0.39, 0.29) is 11.3 Å². The quantitative estimate of drug-likeness (QED) is 0.417. The number of carbonyl (C=O) groups is 1. The van der Waals surface area contributed by atoms with Crippen molar-refractivity contribution in [2.45, 2.75) is 26.7 Å². The summed E-state index contributed by atoms with van der Waals surface area (Å²) >= 11 is 0. The summed E-state index contributed by atoms with van der Waals surface area (Å²) in [6.45, 7) is 7.83. The van der Waals surface area contributed by atoms with Gasteiger partial charge in [-0.2, -0.15) is 0 Å². The van der Waals surface area contributed by atoms with Crippen LogP contribution in [0.5, 0.6) is 11.5 Å². The van der Waals surface area contributed by atoms with E-state index in [1.54, 1.807) is 19.3 Å². The predicted molar refractivity (Wildman–Crippen MR) is 109 cm³/mol. The minimum atomic E-state index is -0.587. The highest BCUT2D eigenvalue weighted by Crippen LogP contribution is 2.37. The van der Waals surface area contributed by atoms with Crippen molar-refractivity contribution in [1.82, 2.24) is 0 Å². The Kier molecular flexibility index (Phi) is 6.83. The number of aromatic hydroxyl groups is 1. The van der Waals surface area contributed by atoms with Crippen LogP contribution in [0.25, 0.3) is 12.2 Å². The normalized spacial score (nSPS) is 10.8. The molecule has 0 bridgehead atoms. The molecule has 2 rings (SSSR count). The molecule has 0 spiro atoms. The van der Waals surface area contributed by atoms with Gasteiger partial charge in [-0.1, -0.05) is 47.6 Å². The molecule has 0 fully saturated rings. The van der Waals surface area contributed by atoms with Crippen LogP contribution in [-0.4, -0.2) is 25.3 Å². The van der Waals surface area contributed by atoms with Gasteiger partial charge in [-0.05, 0) is 43.9 Å². The second-order valence-corrected chi connectivity index (χ2v) is 6.57. The standard InChI is InChI=1S/C23H26O4/c1-15(2)9-12-19-20(26-4)14-18(21(22(19)24)23(25)27-5)11-10-17-8-6-7-16(3)13-17/h6-8,10-11,13-14,24H,1,9,12H2,2-5H3. The molecule has 0 amide bonds. The summed E-state index contributed by atoms with van der Waals surface area (Å²) in [5.74, 6) is -0.160. The zero-order valence-electron chi connectivity index (χ0n) is 16.3. The Morgan fingerprint density at radius 2 is 1.96 bits per heavy atom. The molecular formula is C23H26O4. The molecule has 142 valence electrons. The molecule has 27 heavy (non-hydrogen) atoms. The number of hydrogen-bond donors (Lipinski definition) is 1. The van der Waals surface area contributed by atoms with Gasteiger partial charge in [0, 0.05) is 5.56 Å². The van der Waals surface area contributed by atoms with E-state index < -0.39 is 5.97 Å². The fraction of sp³-hybridized carbons (Fsp3) is 0.261. The van der Waals surface area contributed by atoms with Crippen LogP contribution in [0.3, 0.4) is 0 Å². The minimum Gasteiger partial charge on any atom is -0.507 e. The van der Waals surface area contributed by atoms with E-state index in [1.807, 2.05) is 44.2 Å². The number of hydrogen-bond acceptors (Lipinski definition) is 4. The van der Waals surface area contributed by atoms with Gasteiger partial charge in [-0.3, -0.25) is 0 Å². The van der Waals surface area contributed by atoms with Crippen LogP contribution in [0, 0.1) is 6.92 Å². The SMILES string of the molecule is C=C(C)CCc1c(OC)cc(C=Cc2cccc(C)c2)c(C(=O)OC)c1O. The van der Waals surface area contributed by atoms with Crippen LogP contribution in [0.15, 0.2) is 42.5 Å². The molecule has 1 N–H and O–H groups in total. The van der Waals surface area contributed by atoms with Crippen molar-refractivity contribution in [1.29, 1.82) is 0 Å². The van der Waals surface area contributed by atoms with Gasteiger partial charge in [0.15, 0.2) is 0 Å². The van der Waals surface area contributed by atoms with E-state index in [9.17, 15) is 9.90 Å². The number of rotatable bonds is 7. The summed E-state index contributed by atoms with van der Waals surface area (Å²) in [4.78, 5) is 12.3. The molecule has 0 aliphatic rings. The number of methoxy groups -OCH3 is 2. The average Bonchev–Trinajstić information content (AvgIpc) is 2.64. The first-order valence-corrected chi connectivity index (χ1v) is 8.77. The highest BCUT2D eigenvalue weighted by Gasteiger charge is 2.22. The Bertz CT molecular complexity index is 878. The van der Waals surface area contributed by atoms with Crippen molar-refractivity contribution in [2.24, 2.45) is 0 Å². The lowest BCUT2D eigenvalue weighted by atomic mass is 9.96. The fourth-order valence-electron chi connectivity index (χ4n) is 2.87. The molecule has 4 heteroatoms. The molecule has 0 aliphatic heterocycles. The van der Waals surface area contributed by atoms with Crippen LogP contribution < -0.4 is 4.74 Å². The smallest absolute Gasteiger partial charge is 0.342 e. The Labute approximate surface area is 160 Å². The summed E-state index contributed by atoms with van der Waals surface area (Å²) in [7, 11) is 2.85. The summed E-state index contributed by atoms with van der Waals surface area (Å²) in [6.07, 6.45) is 4.88. The lowest BCUT2D eigenvalue weighted by molar-refractivity contribution is 0.0597. The summed E-state index contributed by atoms with van der Waals surface area (Å²) in [6, 6.07) is 9.75. The van der Waals surface area contributed by atoms with Gasteiger partial charge in [0.1, 0.15) is 17.1 Å². The van der Waals surface area contributed by atoms with Crippen molar-refractivity contribution < 1.29 is 19.4 Å². The maximum atomic E-state index is 12.3. The lowest BCUT2D eigenvalue weighted by Crippen LogP contribution is -2.07. The van der Waals surface area contributed by atoms with Gasteiger partial charge in [0.05, 0.1) is 14.2 Å². The molecule has 0 saturated heterocycles. The second kappa shape index (κ2) is 9.08. The van der Waals surface area contributed by atoms with Crippen molar-refractivity contribution in [3.8, 4) is 11.5 Å². The largest absolute Gasteiger partial charge is 0.507 e. The first-order chi connectivity index (χ1) is 12.9. The summed E-state index contributed by atoms with van der Waals surface area (Å²) in [5, 5.41) is 10.8. The topological polar surface area (TPSA) is 55.8 Å². The zero-order chi connectivity index (χ0) is 20.0. The number of ether oxygens (including phenoxy) is 2. The molecule has 0 saturated carbocycles. The maximum Gasteiger partial charge on any atom is 0.342 e. The van der Waals surface area contributed by atoms with E-state index in [2.05, 4.69) is 6.58 Å². The molecule has 0 radical (unpaired) electrons. The van der Waals surface area contributed by atoms with Crippen molar-refractivity contribution in [2.75, 3.05) is 14.2 Å². The first-order valence-electron chi connectivity index (χ1n) is 8.77. The summed E-state index contributed by atoms with van der Waals surface area (Å²) < 4.78 is 10.4. The van der Waals surface area contributed by atoms with Gasteiger partial charge < -0.3 is 14.6 Å². The molecule has 0 heterocycles. The van der Waals surface area contributed by atoms with Gasteiger partial charge in [-0.15, -0.1) is 6.58 Å². The molecule has 2 aromatic carbocycles. The molecule has 4 nitrogen and oxygen atoms in total. The fourth-order valence-corrected chi connectivity index (χ4v) is 2.87. The van der Waals surface area contributed by atoms with Crippen LogP contribution in [0.4, 0.5) is 0 Å². The number of phenols is 1. The molecule has 0 aliphatic carbocycles. The number of esters is 1. The third kappa shape index (κ3) is 5.00. The maximum absolute atomic E-state index is 12.3. The molecule has 2 aromatic rings. The van der Waals surface area contributed by atoms with Crippen LogP contribution in [-0.2, 0) is 11.2 Å². The molecule has 0 atom stereocenters. The zero-order valence-corrected chi connectivity index (χ0v) is 16.3. The van der Waals surface area contributed by atoms with Gasteiger partial charge in [0.2, 0.25) is 0 Å². The van der Waals surface area contributed by atoms with Crippen LogP contribution in [0.2, 0.25) is 0 Å². The molecular weight excluding hydrogens is 340 g/mol. The van der Waals surface area contributed by atoms with E-state index >= 15 is 0 Å². The van der Waals surface area contributed by atoms with Gasteiger partial charge in [-0.25, -0.2) is 4.79 Å². The minimum absolute atomic E-state index is 0.105. The monoisotopic (exact) mass is 366 g/mol. The second-order valence-electron chi connectivity index (χ2n) is 6.57. The Morgan fingerprint density at radius 1 is 1.22 bits per heavy atom. The lowest BCUT2D eigenvalue weighted by Gasteiger charge is -2.16. The Balaban J connectivity index is 2.56. The van der Waals surface area contributed by atoms with Crippen molar-refractivity contribution in [3.63, 3.8) is 0 Å². The van der Waals surface area contributed by atoms with E-state index in [1.165, 1.54) is 7.11 Å². The third-order valence-corrected chi connectivity index (χ3v) is 4.30. The van der Waals surface area contributed by atoms with E-state index in [4.69, 9.17) is 9.47 Å². The highest BCUT2D eigenvalue weighted by atomic mass is 16.5.